The Hall–Kier alpha value is -2.70. The van der Waals surface area contributed by atoms with Gasteiger partial charge in [-0.1, -0.05) is 5.16 Å². The van der Waals surface area contributed by atoms with Gasteiger partial charge in [0.2, 0.25) is 5.82 Å². The van der Waals surface area contributed by atoms with Gasteiger partial charge in [0.25, 0.3) is 5.89 Å². The maximum atomic E-state index is 13.3. The van der Waals surface area contributed by atoms with E-state index in [1.807, 2.05) is 0 Å². The first kappa shape index (κ1) is 12.3. The summed E-state index contributed by atoms with van der Waals surface area (Å²) in [5, 5.41) is 3.67. The molecule has 0 fully saturated rings. The molecule has 0 saturated heterocycles. The molecule has 0 aliphatic carbocycles. The van der Waals surface area contributed by atoms with Crippen molar-refractivity contribution >= 4 is 0 Å². The number of rotatable bonds is 4. The van der Waals surface area contributed by atoms with Crippen molar-refractivity contribution < 1.29 is 22.5 Å². The van der Waals surface area contributed by atoms with Gasteiger partial charge in [0.05, 0.1) is 6.26 Å². The van der Waals surface area contributed by atoms with Crippen LogP contribution in [-0.2, 0) is 6.61 Å². The van der Waals surface area contributed by atoms with Gasteiger partial charge < -0.3 is 13.7 Å². The molecule has 0 unspecified atom stereocenters. The van der Waals surface area contributed by atoms with Gasteiger partial charge in [0.1, 0.15) is 5.82 Å². The smallest absolute Gasteiger partial charge is 0.293 e. The average molecular weight is 278 g/mol. The summed E-state index contributed by atoms with van der Waals surface area (Å²) in [6, 6.07) is 6.38. The second kappa shape index (κ2) is 5.12. The van der Waals surface area contributed by atoms with Crippen molar-refractivity contribution in [3.8, 4) is 17.4 Å². The standard InChI is InChI=1S/C13H8F2N2O3/c14-8-3-4-10(9(15)6-8)19-7-12-16-13(20-17-12)11-2-1-5-18-11/h1-6H,7H2. The van der Waals surface area contributed by atoms with Gasteiger partial charge in [-0.05, 0) is 24.3 Å². The van der Waals surface area contributed by atoms with E-state index in [-0.39, 0.29) is 24.1 Å². The number of hydrogen-bond donors (Lipinski definition) is 0. The second-order valence-corrected chi connectivity index (χ2v) is 3.86. The molecule has 0 atom stereocenters. The van der Waals surface area contributed by atoms with Crippen LogP contribution in [0.3, 0.4) is 0 Å². The molecule has 5 nitrogen and oxygen atoms in total. The van der Waals surface area contributed by atoms with Gasteiger partial charge in [0.15, 0.2) is 23.9 Å². The SMILES string of the molecule is Fc1ccc(OCc2noc(-c3ccco3)n2)c(F)c1. The van der Waals surface area contributed by atoms with Crippen molar-refractivity contribution in [1.29, 1.82) is 0 Å². The maximum Gasteiger partial charge on any atom is 0.293 e. The van der Waals surface area contributed by atoms with E-state index < -0.39 is 11.6 Å². The number of benzene rings is 1. The van der Waals surface area contributed by atoms with Crippen molar-refractivity contribution in [2.24, 2.45) is 0 Å². The quantitative estimate of drug-likeness (QED) is 0.733. The number of hydrogen-bond acceptors (Lipinski definition) is 5. The molecule has 3 aromatic rings. The van der Waals surface area contributed by atoms with Crippen molar-refractivity contribution in [2.45, 2.75) is 6.61 Å². The Morgan fingerprint density at radius 3 is 2.85 bits per heavy atom. The van der Waals surface area contributed by atoms with Gasteiger partial charge in [-0.2, -0.15) is 4.98 Å². The van der Waals surface area contributed by atoms with Crippen LogP contribution in [0, 0.1) is 11.6 Å². The normalized spacial score (nSPS) is 10.7. The molecular formula is C13H8F2N2O3. The van der Waals surface area contributed by atoms with Crippen LogP contribution in [-0.4, -0.2) is 10.1 Å². The monoisotopic (exact) mass is 278 g/mol. The minimum absolute atomic E-state index is 0.0873. The van der Waals surface area contributed by atoms with Crippen LogP contribution in [0.2, 0.25) is 0 Å². The number of halogens is 2. The first-order chi connectivity index (χ1) is 9.72. The highest BCUT2D eigenvalue weighted by Gasteiger charge is 2.12. The summed E-state index contributed by atoms with van der Waals surface area (Å²) in [6.07, 6.45) is 1.48. The first-order valence-electron chi connectivity index (χ1n) is 5.67. The fourth-order valence-electron chi connectivity index (χ4n) is 1.55. The Kier molecular flexibility index (Phi) is 3.16. The zero-order chi connectivity index (χ0) is 13.9. The van der Waals surface area contributed by atoms with Crippen molar-refractivity contribution in [1.82, 2.24) is 10.1 Å². The van der Waals surface area contributed by atoms with Crippen molar-refractivity contribution in [2.75, 3.05) is 0 Å². The zero-order valence-electron chi connectivity index (χ0n) is 10.0. The zero-order valence-corrected chi connectivity index (χ0v) is 10.0. The molecule has 0 spiro atoms. The van der Waals surface area contributed by atoms with E-state index in [9.17, 15) is 8.78 Å². The minimum Gasteiger partial charge on any atom is -0.482 e. The van der Waals surface area contributed by atoms with E-state index in [0.29, 0.717) is 5.76 Å². The summed E-state index contributed by atoms with van der Waals surface area (Å²) >= 11 is 0. The van der Waals surface area contributed by atoms with Crippen LogP contribution >= 0.6 is 0 Å². The second-order valence-electron chi connectivity index (χ2n) is 3.86. The van der Waals surface area contributed by atoms with Gasteiger partial charge in [-0.15, -0.1) is 0 Å². The number of furan rings is 1. The minimum atomic E-state index is -0.792. The van der Waals surface area contributed by atoms with Crippen LogP contribution in [0.15, 0.2) is 45.5 Å². The average Bonchev–Trinajstić information content (AvgIpc) is 3.08. The Bertz CT molecular complexity index is 710. The molecule has 2 aromatic heterocycles. The maximum absolute atomic E-state index is 13.3. The Labute approximate surface area is 111 Å². The van der Waals surface area contributed by atoms with E-state index in [1.54, 1.807) is 12.1 Å². The Morgan fingerprint density at radius 2 is 2.10 bits per heavy atom. The van der Waals surface area contributed by atoms with Crippen LogP contribution in [0.4, 0.5) is 8.78 Å². The molecule has 0 bridgehead atoms. The lowest BCUT2D eigenvalue weighted by atomic mass is 10.3. The summed E-state index contributed by atoms with van der Waals surface area (Å²) in [7, 11) is 0. The third-order valence-electron chi connectivity index (χ3n) is 2.45. The van der Waals surface area contributed by atoms with Crippen molar-refractivity contribution in [3.05, 3.63) is 54.1 Å². The molecule has 0 amide bonds. The molecule has 3 rings (SSSR count). The molecule has 0 N–H and O–H groups in total. The van der Waals surface area contributed by atoms with Crippen molar-refractivity contribution in [3.63, 3.8) is 0 Å². The molecule has 0 saturated carbocycles. The number of nitrogens with zero attached hydrogens (tertiary/aromatic N) is 2. The van der Waals surface area contributed by atoms with Gasteiger partial charge >= 0.3 is 0 Å². The lowest BCUT2D eigenvalue weighted by molar-refractivity contribution is 0.273. The van der Waals surface area contributed by atoms with E-state index in [4.69, 9.17) is 13.7 Å². The first-order valence-corrected chi connectivity index (χ1v) is 5.67. The number of ether oxygens (including phenoxy) is 1. The summed E-state index contributed by atoms with van der Waals surface area (Å²) in [4.78, 5) is 4.02. The summed E-state index contributed by atoms with van der Waals surface area (Å²) in [5.41, 5.74) is 0. The lowest BCUT2D eigenvalue weighted by Gasteiger charge is -2.03. The summed E-state index contributed by atoms with van der Waals surface area (Å²) < 4.78 is 41.3. The van der Waals surface area contributed by atoms with E-state index >= 15 is 0 Å². The van der Waals surface area contributed by atoms with Crippen LogP contribution < -0.4 is 4.74 Å². The predicted octanol–water partition coefficient (Wildman–Crippen LogP) is 3.19. The molecular weight excluding hydrogens is 270 g/mol. The highest BCUT2D eigenvalue weighted by molar-refractivity contribution is 5.42. The molecule has 0 aliphatic rings. The largest absolute Gasteiger partial charge is 0.482 e. The molecule has 1 aromatic carbocycles. The highest BCUT2D eigenvalue weighted by Crippen LogP contribution is 2.20. The van der Waals surface area contributed by atoms with Gasteiger partial charge in [0, 0.05) is 6.07 Å². The summed E-state index contributed by atoms with van der Waals surface area (Å²) in [5.74, 6) is -0.699. The van der Waals surface area contributed by atoms with Crippen LogP contribution in [0.5, 0.6) is 5.75 Å². The predicted molar refractivity (Wildman–Crippen MR) is 62.7 cm³/mol. The fourth-order valence-corrected chi connectivity index (χ4v) is 1.55. The molecule has 7 heteroatoms. The third kappa shape index (κ3) is 2.51. The topological polar surface area (TPSA) is 61.3 Å². The molecule has 20 heavy (non-hydrogen) atoms. The van der Waals surface area contributed by atoms with E-state index in [0.717, 1.165) is 12.1 Å². The summed E-state index contributed by atoms with van der Waals surface area (Å²) in [6.45, 7) is -0.104. The third-order valence-corrected chi connectivity index (χ3v) is 2.45. The van der Waals surface area contributed by atoms with E-state index in [2.05, 4.69) is 10.1 Å². The number of aromatic nitrogens is 2. The fraction of sp³-hybridized carbons (Fsp3) is 0.0769. The van der Waals surface area contributed by atoms with Gasteiger partial charge in [-0.3, -0.25) is 0 Å². The van der Waals surface area contributed by atoms with Crippen LogP contribution in [0.1, 0.15) is 5.82 Å². The van der Waals surface area contributed by atoms with Crippen LogP contribution in [0.25, 0.3) is 11.7 Å². The molecule has 102 valence electrons. The Morgan fingerprint density at radius 1 is 1.20 bits per heavy atom. The van der Waals surface area contributed by atoms with E-state index in [1.165, 1.54) is 12.3 Å². The highest BCUT2D eigenvalue weighted by atomic mass is 19.1. The van der Waals surface area contributed by atoms with Gasteiger partial charge in [-0.25, -0.2) is 8.78 Å². The Balaban J connectivity index is 1.70. The molecule has 2 heterocycles. The lowest BCUT2D eigenvalue weighted by Crippen LogP contribution is -1.99. The molecule has 0 aliphatic heterocycles. The molecule has 0 radical (unpaired) electrons.